The van der Waals surface area contributed by atoms with Crippen LogP contribution in [-0.4, -0.2) is 22.5 Å². The first-order valence-corrected chi connectivity index (χ1v) is 7.29. The van der Waals surface area contributed by atoms with E-state index in [1.807, 2.05) is 24.3 Å². The minimum absolute atomic E-state index is 0.356. The van der Waals surface area contributed by atoms with Crippen molar-refractivity contribution in [2.75, 3.05) is 6.61 Å². The number of halogens is 1. The summed E-state index contributed by atoms with van der Waals surface area (Å²) in [5.41, 5.74) is 2.20. The second-order valence-corrected chi connectivity index (χ2v) is 5.58. The highest BCUT2D eigenvalue weighted by Gasteiger charge is 2.14. The zero-order valence-corrected chi connectivity index (χ0v) is 12.2. The maximum atomic E-state index is 11.6. The molecule has 0 aliphatic rings. The molecule has 0 aliphatic heterocycles. The van der Waals surface area contributed by atoms with Crippen molar-refractivity contribution in [3.63, 3.8) is 0 Å². The molecule has 6 heteroatoms. The largest absolute Gasteiger partial charge is 0.461 e. The fourth-order valence-electron chi connectivity index (χ4n) is 1.85. The van der Waals surface area contributed by atoms with Crippen molar-refractivity contribution in [1.82, 2.24) is 9.97 Å². The van der Waals surface area contributed by atoms with Crippen molar-refractivity contribution in [2.24, 2.45) is 0 Å². The molecule has 102 valence electrons. The van der Waals surface area contributed by atoms with Gasteiger partial charge in [-0.25, -0.2) is 9.78 Å². The number of H-pyrrole nitrogens is 1. The first-order chi connectivity index (χ1) is 9.67. The van der Waals surface area contributed by atoms with Gasteiger partial charge in [0.15, 0.2) is 0 Å². The van der Waals surface area contributed by atoms with E-state index in [1.54, 1.807) is 13.0 Å². The molecule has 1 aromatic carbocycles. The summed E-state index contributed by atoms with van der Waals surface area (Å²) >= 11 is 7.36. The van der Waals surface area contributed by atoms with Gasteiger partial charge >= 0.3 is 5.97 Å². The summed E-state index contributed by atoms with van der Waals surface area (Å²) in [4.78, 5) is 20.0. The molecule has 4 nitrogen and oxygen atoms in total. The number of benzene rings is 1. The lowest BCUT2D eigenvalue weighted by atomic mass is 10.2. The number of carbonyl (C=O) groups is 1. The second-order valence-electron chi connectivity index (χ2n) is 4.14. The average Bonchev–Trinajstić information content (AvgIpc) is 2.98. The van der Waals surface area contributed by atoms with Crippen LogP contribution in [0.1, 0.15) is 17.4 Å². The summed E-state index contributed by atoms with van der Waals surface area (Å²) in [7, 11) is 0. The van der Waals surface area contributed by atoms with Gasteiger partial charge in [0.05, 0.1) is 6.61 Å². The van der Waals surface area contributed by atoms with E-state index in [4.69, 9.17) is 16.3 Å². The molecular weight excluding hydrogens is 296 g/mol. The zero-order chi connectivity index (χ0) is 14.1. The molecule has 0 spiro atoms. The van der Waals surface area contributed by atoms with E-state index >= 15 is 0 Å². The van der Waals surface area contributed by atoms with Gasteiger partial charge in [0.1, 0.15) is 21.0 Å². The Balaban J connectivity index is 1.94. The Kier molecular flexibility index (Phi) is 3.46. The molecule has 0 bridgehead atoms. The monoisotopic (exact) mass is 306 g/mol. The molecule has 20 heavy (non-hydrogen) atoms. The van der Waals surface area contributed by atoms with E-state index in [0.29, 0.717) is 17.3 Å². The summed E-state index contributed by atoms with van der Waals surface area (Å²) in [5.74, 6) is -0.356. The van der Waals surface area contributed by atoms with E-state index in [9.17, 15) is 4.79 Å². The molecule has 0 amide bonds. The van der Waals surface area contributed by atoms with Gasteiger partial charge in [-0.05, 0) is 25.1 Å². The Bertz CT molecular complexity index is 730. The zero-order valence-electron chi connectivity index (χ0n) is 10.6. The fraction of sp³-hybridized carbons (Fsp3) is 0.143. The molecule has 2 aromatic heterocycles. The Labute approximate surface area is 124 Å². The number of aromatic nitrogens is 2. The smallest absolute Gasteiger partial charge is 0.354 e. The van der Waals surface area contributed by atoms with Crippen LogP contribution in [0.4, 0.5) is 0 Å². The molecule has 0 radical (unpaired) electrons. The van der Waals surface area contributed by atoms with Gasteiger partial charge in [0.2, 0.25) is 0 Å². The molecule has 0 saturated heterocycles. The van der Waals surface area contributed by atoms with Crippen molar-refractivity contribution < 1.29 is 9.53 Å². The molecule has 1 N–H and O–H groups in total. The lowest BCUT2D eigenvalue weighted by molar-refractivity contribution is 0.0520. The van der Waals surface area contributed by atoms with E-state index in [2.05, 4.69) is 9.97 Å². The van der Waals surface area contributed by atoms with Crippen LogP contribution in [0.3, 0.4) is 0 Å². The summed E-state index contributed by atoms with van der Waals surface area (Å²) in [6.45, 7) is 2.13. The third-order valence-corrected chi connectivity index (χ3v) is 4.06. The van der Waals surface area contributed by atoms with Gasteiger partial charge in [-0.2, -0.15) is 0 Å². The first kappa shape index (κ1) is 13.1. The maximum Gasteiger partial charge on any atom is 0.354 e. The third kappa shape index (κ3) is 2.42. The third-order valence-electron chi connectivity index (χ3n) is 2.77. The molecule has 0 unspecified atom stereocenters. The van der Waals surface area contributed by atoms with Crippen LogP contribution in [0.15, 0.2) is 30.3 Å². The quantitative estimate of drug-likeness (QED) is 0.740. The van der Waals surface area contributed by atoms with E-state index in [-0.39, 0.29) is 5.97 Å². The molecule has 3 rings (SSSR count). The van der Waals surface area contributed by atoms with Crippen LogP contribution in [-0.2, 0) is 4.74 Å². The van der Waals surface area contributed by atoms with Crippen molar-refractivity contribution in [2.45, 2.75) is 6.92 Å². The molecule has 0 saturated carbocycles. The number of ether oxygens (including phenoxy) is 1. The minimum Gasteiger partial charge on any atom is -0.461 e. The van der Waals surface area contributed by atoms with Gasteiger partial charge in [-0.3, -0.25) is 0 Å². The van der Waals surface area contributed by atoms with Crippen molar-refractivity contribution in [1.29, 1.82) is 0 Å². The highest BCUT2D eigenvalue weighted by atomic mass is 35.5. The van der Waals surface area contributed by atoms with Gasteiger partial charge in [0.25, 0.3) is 0 Å². The Hall–Kier alpha value is -1.85. The van der Waals surface area contributed by atoms with E-state index < -0.39 is 0 Å². The van der Waals surface area contributed by atoms with Crippen molar-refractivity contribution in [3.05, 3.63) is 41.0 Å². The average molecular weight is 307 g/mol. The number of hydrogen-bond donors (Lipinski definition) is 1. The Morgan fingerprint density at radius 1 is 1.40 bits per heavy atom. The molecule has 0 aliphatic carbocycles. The number of hydrogen-bond acceptors (Lipinski definition) is 4. The Morgan fingerprint density at radius 3 is 2.80 bits per heavy atom. The summed E-state index contributed by atoms with van der Waals surface area (Å²) in [6.07, 6.45) is 0. The number of rotatable bonds is 3. The SMILES string of the molecule is CCOC(=O)c1cc2nc(-c3ccc(Cl)cc3)sc2[nH]1. The number of aromatic amines is 1. The van der Waals surface area contributed by atoms with Crippen LogP contribution in [0.25, 0.3) is 20.9 Å². The molecule has 0 atom stereocenters. The summed E-state index contributed by atoms with van der Waals surface area (Å²) in [5, 5.41) is 1.58. The molecule has 3 aromatic rings. The summed E-state index contributed by atoms with van der Waals surface area (Å²) < 4.78 is 4.95. The number of thiazole rings is 1. The number of esters is 1. The van der Waals surface area contributed by atoms with Crippen LogP contribution < -0.4 is 0 Å². The molecule has 0 fully saturated rings. The van der Waals surface area contributed by atoms with Crippen LogP contribution >= 0.6 is 22.9 Å². The Morgan fingerprint density at radius 2 is 2.15 bits per heavy atom. The lowest BCUT2D eigenvalue weighted by Gasteiger charge is -1.97. The second kappa shape index (κ2) is 5.26. The van der Waals surface area contributed by atoms with Gasteiger partial charge in [-0.1, -0.05) is 35.1 Å². The fourth-order valence-corrected chi connectivity index (χ4v) is 2.94. The van der Waals surface area contributed by atoms with Gasteiger partial charge in [-0.15, -0.1) is 0 Å². The highest BCUT2D eigenvalue weighted by molar-refractivity contribution is 7.21. The van der Waals surface area contributed by atoms with Crippen molar-refractivity contribution in [3.8, 4) is 10.6 Å². The predicted molar refractivity (Wildman–Crippen MR) is 80.4 cm³/mol. The maximum absolute atomic E-state index is 11.6. The van der Waals surface area contributed by atoms with Crippen LogP contribution in [0.2, 0.25) is 5.02 Å². The molecular formula is C14H11ClN2O2S. The first-order valence-electron chi connectivity index (χ1n) is 6.10. The van der Waals surface area contributed by atoms with Gasteiger partial charge < -0.3 is 9.72 Å². The number of nitrogens with one attached hydrogen (secondary N) is 1. The van der Waals surface area contributed by atoms with Crippen LogP contribution in [0.5, 0.6) is 0 Å². The lowest BCUT2D eigenvalue weighted by Crippen LogP contribution is -2.04. The van der Waals surface area contributed by atoms with Crippen molar-refractivity contribution >= 4 is 39.3 Å². The minimum atomic E-state index is -0.356. The normalized spacial score (nSPS) is 10.9. The summed E-state index contributed by atoms with van der Waals surface area (Å²) in [6, 6.07) is 9.22. The van der Waals surface area contributed by atoms with E-state index in [1.165, 1.54) is 11.3 Å². The number of nitrogens with zero attached hydrogens (tertiary/aromatic N) is 1. The topological polar surface area (TPSA) is 55.0 Å². The standard InChI is InChI=1S/C14H11ClN2O2S/c1-2-19-14(18)11-7-10-13(17-11)20-12(16-10)8-3-5-9(15)6-4-8/h3-7,17H,2H2,1H3. The van der Waals surface area contributed by atoms with Crippen LogP contribution in [0, 0.1) is 0 Å². The van der Waals surface area contributed by atoms with E-state index in [0.717, 1.165) is 20.9 Å². The number of carbonyl (C=O) groups excluding carboxylic acids is 1. The predicted octanol–water partition coefficient (Wildman–Crippen LogP) is 4.12. The van der Waals surface area contributed by atoms with Gasteiger partial charge in [0, 0.05) is 10.6 Å². The number of fused-ring (bicyclic) bond motifs is 1. The highest BCUT2D eigenvalue weighted by Crippen LogP contribution is 2.30. The molecule has 2 heterocycles.